The van der Waals surface area contributed by atoms with Gasteiger partial charge in [0.2, 0.25) is 0 Å². The number of aromatic hydroxyl groups is 2. The Hall–Kier alpha value is -2.26. The zero-order chi connectivity index (χ0) is 19.8. The van der Waals surface area contributed by atoms with Gasteiger partial charge in [-0.3, -0.25) is 0 Å². The molecule has 0 saturated heterocycles. The van der Waals surface area contributed by atoms with Gasteiger partial charge < -0.3 is 15.3 Å². The Labute approximate surface area is 162 Å². The van der Waals surface area contributed by atoms with E-state index in [2.05, 4.69) is 19.9 Å². The third kappa shape index (κ3) is 4.03. The van der Waals surface area contributed by atoms with Gasteiger partial charge in [-0.1, -0.05) is 48.9 Å². The van der Waals surface area contributed by atoms with Crippen LogP contribution in [0.3, 0.4) is 0 Å². The molecule has 3 unspecified atom stereocenters. The first-order chi connectivity index (χ1) is 12.7. The molecule has 3 N–H and O–H groups in total. The maximum atomic E-state index is 10.8. The molecule has 0 amide bonds. The summed E-state index contributed by atoms with van der Waals surface area (Å²) in [6, 6.07) is 13.6. The molecule has 144 valence electrons. The summed E-state index contributed by atoms with van der Waals surface area (Å²) in [6.07, 6.45) is 3.84. The van der Waals surface area contributed by atoms with E-state index in [1.54, 1.807) is 26.0 Å². The molecular weight excluding hydrogens is 336 g/mol. The van der Waals surface area contributed by atoms with E-state index in [0.29, 0.717) is 5.56 Å². The molecule has 1 aliphatic rings. The molecule has 0 bridgehead atoms. The predicted molar refractivity (Wildman–Crippen MR) is 109 cm³/mol. The Bertz CT molecular complexity index is 807. The highest BCUT2D eigenvalue weighted by molar-refractivity contribution is 5.53. The van der Waals surface area contributed by atoms with Gasteiger partial charge in [0.25, 0.3) is 0 Å². The lowest BCUT2D eigenvalue weighted by molar-refractivity contribution is 0.00421. The van der Waals surface area contributed by atoms with Crippen LogP contribution in [0.25, 0.3) is 0 Å². The molecule has 3 atom stereocenters. The van der Waals surface area contributed by atoms with E-state index in [0.717, 1.165) is 24.0 Å². The summed E-state index contributed by atoms with van der Waals surface area (Å²) in [7, 11) is 0. The molecule has 0 heterocycles. The SMILES string of the molecule is CC1=CC(c2c(O)cc(C(C)c3ccccc3)cc2O)C(C(C)(C)O)CC1. The van der Waals surface area contributed by atoms with Crippen molar-refractivity contribution >= 4 is 0 Å². The average Bonchev–Trinajstić information content (AvgIpc) is 2.60. The number of allylic oxidation sites excluding steroid dienone is 2. The molecule has 0 radical (unpaired) electrons. The van der Waals surface area contributed by atoms with Crippen LogP contribution in [0, 0.1) is 5.92 Å². The Kier molecular flexibility index (Phi) is 5.34. The van der Waals surface area contributed by atoms with Gasteiger partial charge in [0, 0.05) is 17.4 Å². The fourth-order valence-electron chi connectivity index (χ4n) is 4.32. The van der Waals surface area contributed by atoms with E-state index < -0.39 is 5.60 Å². The number of hydrogen-bond acceptors (Lipinski definition) is 3. The van der Waals surface area contributed by atoms with Crippen LogP contribution < -0.4 is 0 Å². The number of hydrogen-bond donors (Lipinski definition) is 3. The molecule has 0 spiro atoms. The predicted octanol–water partition coefficient (Wildman–Crippen LogP) is 5.46. The normalized spacial score (nSPS) is 21.6. The van der Waals surface area contributed by atoms with Crippen LogP contribution in [0.2, 0.25) is 0 Å². The van der Waals surface area contributed by atoms with Gasteiger partial charge >= 0.3 is 0 Å². The number of phenolic OH excluding ortho intramolecular Hbond substituents is 2. The Morgan fingerprint density at radius 1 is 1.00 bits per heavy atom. The van der Waals surface area contributed by atoms with E-state index in [1.807, 2.05) is 30.3 Å². The van der Waals surface area contributed by atoms with Crippen LogP contribution >= 0.6 is 0 Å². The van der Waals surface area contributed by atoms with Crippen LogP contribution in [-0.4, -0.2) is 20.9 Å². The summed E-state index contributed by atoms with van der Waals surface area (Å²) in [5, 5.41) is 32.3. The van der Waals surface area contributed by atoms with E-state index in [-0.39, 0.29) is 29.3 Å². The molecule has 2 aromatic rings. The number of aliphatic hydroxyl groups is 1. The Morgan fingerprint density at radius 3 is 2.15 bits per heavy atom. The zero-order valence-corrected chi connectivity index (χ0v) is 16.6. The van der Waals surface area contributed by atoms with Crippen molar-refractivity contribution < 1.29 is 15.3 Å². The van der Waals surface area contributed by atoms with Crippen molar-refractivity contribution in [3.05, 3.63) is 70.8 Å². The van der Waals surface area contributed by atoms with Crippen molar-refractivity contribution in [3.8, 4) is 11.5 Å². The minimum Gasteiger partial charge on any atom is -0.507 e. The van der Waals surface area contributed by atoms with Crippen molar-refractivity contribution in [2.45, 2.75) is 58.0 Å². The van der Waals surface area contributed by atoms with Gasteiger partial charge in [0.15, 0.2) is 0 Å². The molecule has 3 rings (SSSR count). The third-order valence-electron chi connectivity index (χ3n) is 5.95. The Morgan fingerprint density at radius 2 is 1.59 bits per heavy atom. The molecule has 3 heteroatoms. The summed E-state index contributed by atoms with van der Waals surface area (Å²) in [5.41, 5.74) is 2.85. The fraction of sp³-hybridized carbons (Fsp3) is 0.417. The van der Waals surface area contributed by atoms with Gasteiger partial charge in [-0.2, -0.15) is 0 Å². The summed E-state index contributed by atoms with van der Waals surface area (Å²) in [5.74, 6) is -0.0167. The second kappa shape index (κ2) is 7.40. The molecule has 0 fully saturated rings. The average molecular weight is 367 g/mol. The van der Waals surface area contributed by atoms with E-state index in [9.17, 15) is 15.3 Å². The quantitative estimate of drug-likeness (QED) is 0.630. The Balaban J connectivity index is 2.03. The highest BCUT2D eigenvalue weighted by Gasteiger charge is 2.38. The summed E-state index contributed by atoms with van der Waals surface area (Å²) in [4.78, 5) is 0. The molecule has 0 saturated carbocycles. The number of benzene rings is 2. The molecule has 1 aliphatic carbocycles. The van der Waals surface area contributed by atoms with Gasteiger partial charge in [-0.05, 0) is 62.8 Å². The first kappa shape index (κ1) is 19.5. The smallest absolute Gasteiger partial charge is 0.123 e. The van der Waals surface area contributed by atoms with Crippen molar-refractivity contribution in [1.82, 2.24) is 0 Å². The fourth-order valence-corrected chi connectivity index (χ4v) is 4.32. The molecule has 3 nitrogen and oxygen atoms in total. The van der Waals surface area contributed by atoms with Gasteiger partial charge in [0.1, 0.15) is 11.5 Å². The maximum Gasteiger partial charge on any atom is 0.123 e. The van der Waals surface area contributed by atoms with Crippen molar-refractivity contribution in [2.75, 3.05) is 0 Å². The van der Waals surface area contributed by atoms with Crippen molar-refractivity contribution in [2.24, 2.45) is 5.92 Å². The lowest BCUT2D eigenvalue weighted by Crippen LogP contribution is -2.36. The standard InChI is InChI=1S/C24H30O3/c1-15-10-11-20(24(3,4)27)19(12-15)23-21(25)13-18(14-22(23)26)16(2)17-8-6-5-7-9-17/h5-9,12-14,16,19-20,25-27H,10-11H2,1-4H3. The minimum atomic E-state index is -0.892. The molecule has 0 aromatic heterocycles. The summed E-state index contributed by atoms with van der Waals surface area (Å²) < 4.78 is 0. The summed E-state index contributed by atoms with van der Waals surface area (Å²) in [6.45, 7) is 7.74. The molecule has 27 heavy (non-hydrogen) atoms. The molecule has 0 aliphatic heterocycles. The van der Waals surface area contributed by atoms with Crippen LogP contribution in [0.4, 0.5) is 0 Å². The van der Waals surface area contributed by atoms with Crippen LogP contribution in [-0.2, 0) is 0 Å². The van der Waals surface area contributed by atoms with Gasteiger partial charge in [-0.25, -0.2) is 0 Å². The summed E-state index contributed by atoms with van der Waals surface area (Å²) >= 11 is 0. The van der Waals surface area contributed by atoms with Crippen molar-refractivity contribution in [3.63, 3.8) is 0 Å². The topological polar surface area (TPSA) is 60.7 Å². The lowest BCUT2D eigenvalue weighted by Gasteiger charge is -2.38. The van der Waals surface area contributed by atoms with Gasteiger partial charge in [-0.15, -0.1) is 0 Å². The second-order valence-corrected chi connectivity index (χ2v) is 8.44. The molecular formula is C24H30O3. The second-order valence-electron chi connectivity index (χ2n) is 8.44. The van der Waals surface area contributed by atoms with E-state index >= 15 is 0 Å². The van der Waals surface area contributed by atoms with E-state index in [4.69, 9.17) is 0 Å². The number of phenols is 2. The largest absolute Gasteiger partial charge is 0.507 e. The molecule has 2 aromatic carbocycles. The first-order valence-electron chi connectivity index (χ1n) is 9.69. The highest BCUT2D eigenvalue weighted by atomic mass is 16.3. The first-order valence-corrected chi connectivity index (χ1v) is 9.69. The number of rotatable bonds is 4. The van der Waals surface area contributed by atoms with Gasteiger partial charge in [0.05, 0.1) is 5.60 Å². The lowest BCUT2D eigenvalue weighted by atomic mass is 9.69. The van der Waals surface area contributed by atoms with Crippen LogP contribution in [0.1, 0.15) is 69.1 Å². The maximum absolute atomic E-state index is 10.8. The van der Waals surface area contributed by atoms with Crippen molar-refractivity contribution in [1.29, 1.82) is 0 Å². The minimum absolute atomic E-state index is 0.0598. The van der Waals surface area contributed by atoms with E-state index in [1.165, 1.54) is 5.57 Å². The van der Waals surface area contributed by atoms with Crippen LogP contribution in [0.15, 0.2) is 54.1 Å². The zero-order valence-electron chi connectivity index (χ0n) is 16.6. The monoisotopic (exact) mass is 366 g/mol. The third-order valence-corrected chi connectivity index (χ3v) is 5.95. The van der Waals surface area contributed by atoms with Crippen LogP contribution in [0.5, 0.6) is 11.5 Å². The highest BCUT2D eigenvalue weighted by Crippen LogP contribution is 2.48.